The Morgan fingerprint density at radius 2 is 2.15 bits per heavy atom. The molecule has 112 valence electrons. The van der Waals surface area contributed by atoms with Gasteiger partial charge in [-0.05, 0) is 6.92 Å². The molecule has 1 rings (SSSR count). The number of aromatic nitrogens is 2. The summed E-state index contributed by atoms with van der Waals surface area (Å²) in [5, 5.41) is 2.89. The largest absolute Gasteiger partial charge is 0.383 e. The number of halogens is 1. The lowest BCUT2D eigenvalue weighted by molar-refractivity contribution is -0.122. The van der Waals surface area contributed by atoms with Crippen LogP contribution < -0.4 is 10.9 Å². The van der Waals surface area contributed by atoms with Crippen molar-refractivity contribution in [3.05, 3.63) is 27.4 Å². The van der Waals surface area contributed by atoms with Crippen LogP contribution >= 0.6 is 11.6 Å². The monoisotopic (exact) mass is 301 g/mol. The number of hydrogen-bond acceptors (Lipinski definition) is 4. The summed E-state index contributed by atoms with van der Waals surface area (Å²) < 4.78 is 6.28. The molecule has 0 fully saturated rings. The molecule has 0 spiro atoms. The van der Waals surface area contributed by atoms with Crippen LogP contribution in [0.25, 0.3) is 0 Å². The molecular formula is C13H20ClN3O3. The molecule has 0 aromatic carbocycles. The molecule has 1 unspecified atom stereocenters. The molecule has 1 N–H and O–H groups in total. The second-order valence-electron chi connectivity index (χ2n) is 4.94. The van der Waals surface area contributed by atoms with Crippen molar-refractivity contribution in [2.24, 2.45) is 0 Å². The third kappa shape index (κ3) is 4.61. The number of carbonyl (C=O) groups excluding carboxylic acids is 1. The van der Waals surface area contributed by atoms with Crippen LogP contribution in [-0.2, 0) is 16.1 Å². The van der Waals surface area contributed by atoms with Crippen LogP contribution in [0.5, 0.6) is 0 Å². The van der Waals surface area contributed by atoms with Crippen LogP contribution in [0.2, 0.25) is 5.15 Å². The van der Waals surface area contributed by atoms with E-state index in [1.54, 1.807) is 7.11 Å². The van der Waals surface area contributed by atoms with Crippen molar-refractivity contribution in [2.45, 2.75) is 39.3 Å². The maximum atomic E-state index is 11.9. The Bertz CT molecular complexity index is 528. The lowest BCUT2D eigenvalue weighted by atomic mass is 10.2. The first-order valence-electron chi connectivity index (χ1n) is 6.40. The normalized spacial score (nSPS) is 12.5. The van der Waals surface area contributed by atoms with E-state index in [9.17, 15) is 9.59 Å². The molecule has 0 aliphatic heterocycles. The standard InChI is InChI=1S/C13H20ClN3O3/c1-8(2)13-16-10(14)5-12(19)17(13)6-11(18)15-9(3)7-20-4/h5,8-9H,6-7H2,1-4H3,(H,15,18). The highest BCUT2D eigenvalue weighted by atomic mass is 35.5. The summed E-state index contributed by atoms with van der Waals surface area (Å²) in [6.45, 7) is 5.94. The molecule has 0 saturated heterocycles. The number of amides is 1. The quantitative estimate of drug-likeness (QED) is 0.801. The summed E-state index contributed by atoms with van der Waals surface area (Å²) in [6, 6.07) is 1.09. The van der Waals surface area contributed by atoms with E-state index < -0.39 is 0 Å². The Morgan fingerprint density at radius 3 is 2.70 bits per heavy atom. The third-order valence-corrected chi connectivity index (χ3v) is 2.84. The maximum absolute atomic E-state index is 11.9. The van der Waals surface area contributed by atoms with Crippen molar-refractivity contribution < 1.29 is 9.53 Å². The van der Waals surface area contributed by atoms with Crippen molar-refractivity contribution in [1.82, 2.24) is 14.9 Å². The van der Waals surface area contributed by atoms with Crippen LogP contribution in [0.4, 0.5) is 0 Å². The van der Waals surface area contributed by atoms with Gasteiger partial charge in [0, 0.05) is 25.1 Å². The van der Waals surface area contributed by atoms with E-state index in [4.69, 9.17) is 16.3 Å². The number of hydrogen-bond donors (Lipinski definition) is 1. The zero-order chi connectivity index (χ0) is 15.3. The van der Waals surface area contributed by atoms with Gasteiger partial charge in [0.2, 0.25) is 5.91 Å². The summed E-state index contributed by atoms with van der Waals surface area (Å²) >= 11 is 5.79. The SMILES string of the molecule is COCC(C)NC(=O)Cn1c(C(C)C)nc(Cl)cc1=O. The fourth-order valence-corrected chi connectivity index (χ4v) is 2.03. The predicted molar refractivity (Wildman–Crippen MR) is 77.1 cm³/mol. The third-order valence-electron chi connectivity index (χ3n) is 2.65. The summed E-state index contributed by atoms with van der Waals surface area (Å²) in [5.41, 5.74) is -0.330. The van der Waals surface area contributed by atoms with E-state index >= 15 is 0 Å². The number of ether oxygens (including phenoxy) is 1. The van der Waals surface area contributed by atoms with Crippen LogP contribution in [-0.4, -0.2) is 35.2 Å². The summed E-state index contributed by atoms with van der Waals surface area (Å²) in [5.74, 6) is 0.227. The Morgan fingerprint density at radius 1 is 1.50 bits per heavy atom. The van der Waals surface area contributed by atoms with E-state index in [0.29, 0.717) is 12.4 Å². The predicted octanol–water partition coefficient (Wildman–Crippen LogP) is 1.17. The molecule has 7 heteroatoms. The summed E-state index contributed by atoms with van der Waals surface area (Å²) in [6.07, 6.45) is 0. The van der Waals surface area contributed by atoms with Gasteiger partial charge in [0.05, 0.1) is 6.61 Å². The highest BCUT2D eigenvalue weighted by molar-refractivity contribution is 6.29. The van der Waals surface area contributed by atoms with Crippen LogP contribution in [0.1, 0.15) is 32.5 Å². The van der Waals surface area contributed by atoms with Crippen molar-refractivity contribution in [2.75, 3.05) is 13.7 Å². The molecule has 0 aliphatic rings. The van der Waals surface area contributed by atoms with E-state index in [1.807, 2.05) is 20.8 Å². The molecule has 1 aromatic rings. The highest BCUT2D eigenvalue weighted by Crippen LogP contribution is 2.12. The van der Waals surface area contributed by atoms with Gasteiger partial charge in [-0.25, -0.2) is 4.98 Å². The fourth-order valence-electron chi connectivity index (χ4n) is 1.85. The van der Waals surface area contributed by atoms with Gasteiger partial charge in [-0.1, -0.05) is 25.4 Å². The zero-order valence-electron chi connectivity index (χ0n) is 12.1. The van der Waals surface area contributed by atoms with Crippen molar-refractivity contribution in [1.29, 1.82) is 0 Å². The maximum Gasteiger partial charge on any atom is 0.255 e. The highest BCUT2D eigenvalue weighted by Gasteiger charge is 2.15. The van der Waals surface area contributed by atoms with E-state index in [-0.39, 0.29) is 35.1 Å². The van der Waals surface area contributed by atoms with Crippen molar-refractivity contribution in [3.63, 3.8) is 0 Å². The van der Waals surface area contributed by atoms with E-state index in [2.05, 4.69) is 10.3 Å². The number of nitrogens with zero attached hydrogens (tertiary/aromatic N) is 2. The second kappa shape index (κ2) is 7.40. The van der Waals surface area contributed by atoms with Crippen LogP contribution in [0.15, 0.2) is 10.9 Å². The van der Waals surface area contributed by atoms with Gasteiger partial charge in [-0.3, -0.25) is 14.2 Å². The minimum atomic E-state index is -0.330. The van der Waals surface area contributed by atoms with Crippen molar-refractivity contribution in [3.8, 4) is 0 Å². The van der Waals surface area contributed by atoms with Gasteiger partial charge in [-0.2, -0.15) is 0 Å². The summed E-state index contributed by atoms with van der Waals surface area (Å²) in [4.78, 5) is 28.0. The van der Waals surface area contributed by atoms with Crippen molar-refractivity contribution >= 4 is 17.5 Å². The molecule has 1 amide bonds. The van der Waals surface area contributed by atoms with Gasteiger partial charge < -0.3 is 10.1 Å². The molecule has 1 aromatic heterocycles. The minimum absolute atomic E-state index is 0.00870. The van der Waals surface area contributed by atoms with Crippen LogP contribution in [0, 0.1) is 0 Å². The van der Waals surface area contributed by atoms with Crippen LogP contribution in [0.3, 0.4) is 0 Å². The Labute approximate surface area is 123 Å². The molecule has 0 aliphatic carbocycles. The minimum Gasteiger partial charge on any atom is -0.383 e. The smallest absolute Gasteiger partial charge is 0.255 e. The molecule has 0 bridgehead atoms. The van der Waals surface area contributed by atoms with Gasteiger partial charge >= 0.3 is 0 Å². The Balaban J connectivity index is 2.92. The molecule has 20 heavy (non-hydrogen) atoms. The second-order valence-corrected chi connectivity index (χ2v) is 5.33. The number of rotatable bonds is 6. The number of carbonyl (C=O) groups is 1. The van der Waals surface area contributed by atoms with Gasteiger partial charge in [0.1, 0.15) is 17.5 Å². The van der Waals surface area contributed by atoms with E-state index in [1.165, 1.54) is 10.6 Å². The number of nitrogens with one attached hydrogen (secondary N) is 1. The van der Waals surface area contributed by atoms with Gasteiger partial charge in [0.25, 0.3) is 5.56 Å². The number of methoxy groups -OCH3 is 1. The molecule has 1 atom stereocenters. The molecule has 1 heterocycles. The lowest BCUT2D eigenvalue weighted by Gasteiger charge is -2.16. The first-order valence-corrected chi connectivity index (χ1v) is 6.78. The summed E-state index contributed by atoms with van der Waals surface area (Å²) in [7, 11) is 1.56. The fraction of sp³-hybridized carbons (Fsp3) is 0.615. The lowest BCUT2D eigenvalue weighted by Crippen LogP contribution is -2.40. The van der Waals surface area contributed by atoms with Gasteiger partial charge in [-0.15, -0.1) is 0 Å². The Hall–Kier alpha value is -1.40. The average molecular weight is 302 g/mol. The molecule has 0 radical (unpaired) electrons. The first-order chi connectivity index (χ1) is 9.35. The van der Waals surface area contributed by atoms with E-state index in [0.717, 1.165) is 0 Å². The zero-order valence-corrected chi connectivity index (χ0v) is 12.9. The van der Waals surface area contributed by atoms with Gasteiger partial charge in [0.15, 0.2) is 0 Å². The topological polar surface area (TPSA) is 73.2 Å². The first kappa shape index (κ1) is 16.7. The average Bonchev–Trinajstić information content (AvgIpc) is 2.32. The molecule has 0 saturated carbocycles. The molecular weight excluding hydrogens is 282 g/mol. The molecule has 6 nitrogen and oxygen atoms in total. The Kier molecular flexibility index (Phi) is 6.16.